The summed E-state index contributed by atoms with van der Waals surface area (Å²) >= 11 is -0.104. The quantitative estimate of drug-likeness (QED) is 0.519. The summed E-state index contributed by atoms with van der Waals surface area (Å²) in [7, 11) is 1.64. The summed E-state index contributed by atoms with van der Waals surface area (Å²) in [5.41, 5.74) is 1.77. The van der Waals surface area contributed by atoms with Gasteiger partial charge in [0.25, 0.3) is 0 Å². The Morgan fingerprint density at radius 3 is 2.86 bits per heavy atom. The van der Waals surface area contributed by atoms with Crippen LogP contribution in [0.5, 0.6) is 5.75 Å². The molecule has 0 aliphatic carbocycles. The van der Waals surface area contributed by atoms with E-state index in [-0.39, 0.29) is 20.3 Å². The molecule has 0 saturated heterocycles. The van der Waals surface area contributed by atoms with Crippen LogP contribution in [0.25, 0.3) is 26.2 Å². The first-order valence-electron chi connectivity index (χ1n) is 6.82. The van der Waals surface area contributed by atoms with Crippen LogP contribution in [0.3, 0.4) is 0 Å². The van der Waals surface area contributed by atoms with Gasteiger partial charge in [-0.3, -0.25) is 0 Å². The molecule has 2 heterocycles. The van der Waals surface area contributed by atoms with Crippen molar-refractivity contribution < 1.29 is 4.74 Å². The minimum absolute atomic E-state index is 0.0378. The Labute approximate surface area is 132 Å². The van der Waals surface area contributed by atoms with Crippen molar-refractivity contribution in [1.29, 1.82) is 0 Å². The van der Waals surface area contributed by atoms with Crippen molar-refractivity contribution >= 4 is 35.3 Å². The summed E-state index contributed by atoms with van der Waals surface area (Å²) in [5.74, 6) is 0.784. The van der Waals surface area contributed by atoms with Crippen LogP contribution >= 0.6 is 0 Å². The van der Waals surface area contributed by atoms with E-state index in [0.29, 0.717) is 0 Å². The van der Waals surface area contributed by atoms with Crippen LogP contribution in [0.1, 0.15) is 0 Å². The van der Waals surface area contributed by atoms with Gasteiger partial charge in [-0.05, 0) is 0 Å². The van der Waals surface area contributed by atoms with Crippen molar-refractivity contribution in [2.45, 2.75) is 0 Å². The maximum absolute atomic E-state index is 12.7. The number of para-hydroxylation sites is 1. The van der Waals surface area contributed by atoms with E-state index in [1.807, 2.05) is 52.1 Å². The number of aromatic nitrogens is 2. The predicted octanol–water partition coefficient (Wildman–Crippen LogP) is 2.60. The molecule has 4 aromatic rings. The molecule has 108 valence electrons. The molecule has 4 nitrogen and oxygen atoms in total. The molecule has 2 aromatic heterocycles. The van der Waals surface area contributed by atoms with E-state index in [0.717, 1.165) is 32.0 Å². The fourth-order valence-electron chi connectivity index (χ4n) is 2.54. The van der Waals surface area contributed by atoms with Crippen molar-refractivity contribution in [3.63, 3.8) is 0 Å². The molecule has 0 amide bonds. The Morgan fingerprint density at radius 1 is 1.14 bits per heavy atom. The number of hydrogen-bond donors (Lipinski definition) is 0. The average molecular weight is 355 g/mol. The number of benzene rings is 2. The van der Waals surface area contributed by atoms with Crippen LogP contribution in [0.15, 0.2) is 59.5 Å². The molecule has 0 N–H and O–H groups in total. The molecular formula is C17H12N2O2Se. The molecule has 22 heavy (non-hydrogen) atoms. The van der Waals surface area contributed by atoms with Crippen LogP contribution in [-0.2, 0) is 0 Å². The molecule has 0 saturated carbocycles. The summed E-state index contributed by atoms with van der Waals surface area (Å²) in [6.07, 6.45) is 1.76. The fraction of sp³-hybridized carbons (Fsp3) is 0.0588. The summed E-state index contributed by atoms with van der Waals surface area (Å²) in [6.45, 7) is 0. The van der Waals surface area contributed by atoms with Crippen molar-refractivity contribution in [2.75, 3.05) is 7.11 Å². The molecule has 0 radical (unpaired) electrons. The van der Waals surface area contributed by atoms with Gasteiger partial charge in [0.2, 0.25) is 0 Å². The molecule has 0 atom stereocenters. The molecule has 0 aliphatic heterocycles. The molecule has 0 spiro atoms. The summed E-state index contributed by atoms with van der Waals surface area (Å²) in [4.78, 5) is 17.2. The summed E-state index contributed by atoms with van der Waals surface area (Å²) in [5, 5.41) is 1.80. The van der Waals surface area contributed by atoms with E-state index in [4.69, 9.17) is 4.74 Å². The predicted molar refractivity (Wildman–Crippen MR) is 88.3 cm³/mol. The zero-order chi connectivity index (χ0) is 15.1. The van der Waals surface area contributed by atoms with E-state index >= 15 is 0 Å². The number of fused-ring (bicyclic) bond motifs is 2. The number of hydrogen-bond acceptors (Lipinski definition) is 3. The molecular weight excluding hydrogens is 343 g/mol. The molecule has 0 aliphatic rings. The number of nitrogens with zero attached hydrogens (tertiary/aromatic N) is 2. The van der Waals surface area contributed by atoms with E-state index in [2.05, 4.69) is 4.98 Å². The topological polar surface area (TPSA) is 44.1 Å². The first-order valence-corrected chi connectivity index (χ1v) is 8.44. The van der Waals surface area contributed by atoms with Gasteiger partial charge in [-0.1, -0.05) is 0 Å². The van der Waals surface area contributed by atoms with Gasteiger partial charge in [-0.2, -0.15) is 0 Å². The van der Waals surface area contributed by atoms with E-state index in [1.54, 1.807) is 13.3 Å². The number of ether oxygens (including phenoxy) is 1. The van der Waals surface area contributed by atoms with Gasteiger partial charge in [0, 0.05) is 0 Å². The Morgan fingerprint density at radius 2 is 2.00 bits per heavy atom. The van der Waals surface area contributed by atoms with Crippen LogP contribution in [0, 0.1) is 0 Å². The third-order valence-electron chi connectivity index (χ3n) is 3.62. The second-order valence-corrected chi connectivity index (χ2v) is 6.98. The van der Waals surface area contributed by atoms with Gasteiger partial charge in [-0.25, -0.2) is 0 Å². The monoisotopic (exact) mass is 356 g/mol. The second kappa shape index (κ2) is 5.13. The first-order chi connectivity index (χ1) is 10.8. The standard InChI is InChI=1S/C17H12N2O2Se/c1-21-12-7-8-13-15(10-12)22-19(17(13)20)14-6-2-4-11-5-3-9-18-16(11)14/h2-10H,1H3. The Kier molecular flexibility index (Phi) is 3.10. The zero-order valence-electron chi connectivity index (χ0n) is 11.8. The Hall–Kier alpha value is -2.36. The van der Waals surface area contributed by atoms with E-state index in [1.165, 1.54) is 0 Å². The second-order valence-electron chi connectivity index (χ2n) is 4.91. The zero-order valence-corrected chi connectivity index (χ0v) is 13.5. The SMILES string of the molecule is COc1ccc2c(=O)n(-c3cccc4cccnc34)[se]c2c1. The fourth-order valence-corrected chi connectivity index (χ4v) is 4.74. The Bertz CT molecular complexity index is 1040. The summed E-state index contributed by atoms with van der Waals surface area (Å²) in [6, 6.07) is 15.5. The van der Waals surface area contributed by atoms with E-state index in [9.17, 15) is 4.79 Å². The van der Waals surface area contributed by atoms with Gasteiger partial charge < -0.3 is 0 Å². The normalized spacial score (nSPS) is 11.1. The van der Waals surface area contributed by atoms with Gasteiger partial charge in [0.15, 0.2) is 0 Å². The number of pyridine rings is 1. The van der Waals surface area contributed by atoms with Crippen LogP contribution in [-0.4, -0.2) is 30.4 Å². The summed E-state index contributed by atoms with van der Waals surface area (Å²) < 4.78 is 8.14. The number of rotatable bonds is 2. The van der Waals surface area contributed by atoms with Crippen molar-refractivity contribution in [3.8, 4) is 11.4 Å². The maximum atomic E-state index is 12.7. The molecule has 4 rings (SSSR count). The third-order valence-corrected chi connectivity index (χ3v) is 5.89. The third kappa shape index (κ3) is 1.98. The van der Waals surface area contributed by atoms with Gasteiger partial charge in [0.1, 0.15) is 0 Å². The van der Waals surface area contributed by atoms with Gasteiger partial charge in [0.05, 0.1) is 0 Å². The van der Waals surface area contributed by atoms with Crippen LogP contribution in [0.4, 0.5) is 0 Å². The molecule has 0 unspecified atom stereocenters. The molecule has 0 fully saturated rings. The number of methoxy groups -OCH3 is 1. The Balaban J connectivity index is 2.04. The van der Waals surface area contributed by atoms with Crippen molar-refractivity contribution in [2.24, 2.45) is 0 Å². The first kappa shape index (κ1) is 13.3. The molecule has 0 bridgehead atoms. The molecule has 5 heteroatoms. The van der Waals surface area contributed by atoms with Crippen molar-refractivity contribution in [3.05, 3.63) is 65.1 Å². The average Bonchev–Trinajstić information content (AvgIpc) is 2.90. The van der Waals surface area contributed by atoms with Crippen LogP contribution in [0.2, 0.25) is 0 Å². The van der Waals surface area contributed by atoms with Gasteiger partial charge >= 0.3 is 132 Å². The minimum atomic E-state index is -0.104. The van der Waals surface area contributed by atoms with Gasteiger partial charge in [-0.15, -0.1) is 0 Å². The van der Waals surface area contributed by atoms with E-state index < -0.39 is 0 Å². The molecule has 2 aromatic carbocycles. The van der Waals surface area contributed by atoms with Crippen molar-refractivity contribution in [1.82, 2.24) is 8.55 Å². The van der Waals surface area contributed by atoms with Crippen LogP contribution < -0.4 is 10.3 Å².